The molecule has 0 N–H and O–H groups in total. The summed E-state index contributed by atoms with van der Waals surface area (Å²) < 4.78 is 45.5. The summed E-state index contributed by atoms with van der Waals surface area (Å²) in [4.78, 5) is 21.4. The van der Waals surface area contributed by atoms with Crippen molar-refractivity contribution in [3.05, 3.63) is 71.5 Å². The number of hydrogen-bond acceptors (Lipinski definition) is 6. The molecule has 4 aromatic rings. The van der Waals surface area contributed by atoms with Crippen LogP contribution in [-0.4, -0.2) is 25.5 Å². The number of aromatic nitrogens is 4. The summed E-state index contributed by atoms with van der Waals surface area (Å²) in [6.45, 7) is 3.60. The van der Waals surface area contributed by atoms with Crippen molar-refractivity contribution in [2.75, 3.05) is 0 Å². The number of para-hydroxylation sites is 2. The van der Waals surface area contributed by atoms with Gasteiger partial charge in [-0.1, -0.05) is 26.0 Å². The number of nitriles is 1. The van der Waals surface area contributed by atoms with Crippen LogP contribution in [-0.2, 0) is 6.18 Å². The number of nitrogens with zero attached hydrogens (tertiary/aromatic N) is 5. The predicted octanol–water partition coefficient (Wildman–Crippen LogP) is 5.04. The van der Waals surface area contributed by atoms with Gasteiger partial charge < -0.3 is 4.42 Å². The molecular weight excluding hydrogens is 423 g/mol. The maximum atomic E-state index is 13.3. The van der Waals surface area contributed by atoms with Gasteiger partial charge in [-0.15, -0.1) is 0 Å². The minimum atomic E-state index is -4.52. The van der Waals surface area contributed by atoms with Crippen LogP contribution in [0.2, 0.25) is 0 Å². The average Bonchev–Trinajstić information content (AvgIpc) is 3.38. The Morgan fingerprint density at radius 3 is 2.50 bits per heavy atom. The van der Waals surface area contributed by atoms with Crippen LogP contribution in [0.1, 0.15) is 53.2 Å². The summed E-state index contributed by atoms with van der Waals surface area (Å²) in [5.74, 6) is -2.03. The van der Waals surface area contributed by atoms with Crippen LogP contribution >= 0.6 is 0 Å². The van der Waals surface area contributed by atoms with E-state index in [2.05, 4.69) is 15.1 Å². The zero-order valence-electron chi connectivity index (χ0n) is 17.0. The lowest BCUT2D eigenvalue weighted by atomic mass is 9.95. The maximum absolute atomic E-state index is 13.3. The highest BCUT2D eigenvalue weighted by atomic mass is 19.4. The van der Waals surface area contributed by atoms with Crippen LogP contribution < -0.4 is 0 Å². The molecule has 0 radical (unpaired) electrons. The Kier molecular flexibility index (Phi) is 5.26. The van der Waals surface area contributed by atoms with Crippen LogP contribution in [0.4, 0.5) is 13.2 Å². The first-order valence-electron chi connectivity index (χ1n) is 9.61. The molecular formula is C22H16F3N5O2. The van der Waals surface area contributed by atoms with Gasteiger partial charge in [0.2, 0.25) is 5.89 Å². The van der Waals surface area contributed by atoms with E-state index in [0.717, 1.165) is 6.07 Å². The number of carbonyl (C=O) groups is 1. The molecule has 0 fully saturated rings. The smallest absolute Gasteiger partial charge is 0.417 e. The van der Waals surface area contributed by atoms with Gasteiger partial charge in [0.05, 0.1) is 29.1 Å². The van der Waals surface area contributed by atoms with Crippen LogP contribution in [0.15, 0.2) is 53.2 Å². The van der Waals surface area contributed by atoms with Crippen LogP contribution in [0, 0.1) is 11.3 Å². The molecule has 1 atom stereocenters. The number of oxazole rings is 1. The number of carbonyl (C=O) groups excluding carboxylic acids is 1. The number of alkyl halides is 3. The molecule has 0 bridgehead atoms. The van der Waals surface area contributed by atoms with Gasteiger partial charge in [0.1, 0.15) is 5.52 Å². The van der Waals surface area contributed by atoms with Gasteiger partial charge in [0, 0.05) is 6.20 Å². The Morgan fingerprint density at radius 2 is 1.91 bits per heavy atom. The van der Waals surface area contributed by atoms with E-state index in [0.29, 0.717) is 23.0 Å². The number of halogens is 3. The summed E-state index contributed by atoms with van der Waals surface area (Å²) in [7, 11) is 0. The fourth-order valence-corrected chi connectivity index (χ4v) is 3.36. The summed E-state index contributed by atoms with van der Waals surface area (Å²) in [6.07, 6.45) is -2.53. The van der Waals surface area contributed by atoms with Gasteiger partial charge in [0.15, 0.2) is 23.1 Å². The molecule has 0 aliphatic carbocycles. The lowest BCUT2D eigenvalue weighted by molar-refractivity contribution is -0.137. The molecule has 0 saturated carbocycles. The molecule has 162 valence electrons. The van der Waals surface area contributed by atoms with E-state index < -0.39 is 23.4 Å². The normalized spacial score (nSPS) is 12.8. The van der Waals surface area contributed by atoms with Gasteiger partial charge >= 0.3 is 6.18 Å². The summed E-state index contributed by atoms with van der Waals surface area (Å²) in [6, 6.07) is 10.9. The third-order valence-corrected chi connectivity index (χ3v) is 4.86. The molecule has 0 amide bonds. The van der Waals surface area contributed by atoms with Gasteiger partial charge in [-0.05, 0) is 30.2 Å². The highest BCUT2D eigenvalue weighted by Gasteiger charge is 2.33. The molecule has 3 heterocycles. The standard InChI is InChI=1S/C22H16F3N5O2/c1-12(2)19-15(11-28-30(19)18-8-7-13(10-27-18)22(23,24)25)20(31)14(9-26)21-29-16-5-3-4-6-17(16)32-21/h3-8,10-12,14H,1-2H3. The fraction of sp³-hybridized carbons (Fsp3) is 0.227. The monoisotopic (exact) mass is 439 g/mol. The first-order valence-corrected chi connectivity index (χ1v) is 9.61. The summed E-state index contributed by atoms with van der Waals surface area (Å²) >= 11 is 0. The fourth-order valence-electron chi connectivity index (χ4n) is 3.36. The first kappa shape index (κ1) is 21.2. The van der Waals surface area contributed by atoms with E-state index in [1.54, 1.807) is 38.1 Å². The van der Waals surface area contributed by atoms with E-state index in [1.807, 2.05) is 6.07 Å². The van der Waals surface area contributed by atoms with Crippen molar-refractivity contribution in [1.82, 2.24) is 19.7 Å². The number of ketones is 1. The second-order valence-electron chi connectivity index (χ2n) is 7.36. The Balaban J connectivity index is 1.74. The number of Topliss-reactive ketones (excluding diaryl/α,β-unsaturated/α-hetero) is 1. The minimum absolute atomic E-state index is 0.0335. The van der Waals surface area contributed by atoms with E-state index in [4.69, 9.17) is 4.42 Å². The van der Waals surface area contributed by atoms with Crippen molar-refractivity contribution < 1.29 is 22.4 Å². The Bertz CT molecular complexity index is 1300. The van der Waals surface area contributed by atoms with Gasteiger partial charge in [-0.25, -0.2) is 14.6 Å². The zero-order valence-corrected chi connectivity index (χ0v) is 17.0. The van der Waals surface area contributed by atoms with Crippen molar-refractivity contribution in [3.8, 4) is 11.9 Å². The van der Waals surface area contributed by atoms with Gasteiger partial charge in [-0.3, -0.25) is 4.79 Å². The van der Waals surface area contributed by atoms with E-state index in [9.17, 15) is 23.2 Å². The average molecular weight is 439 g/mol. The Labute approximate surface area is 180 Å². The second-order valence-corrected chi connectivity index (χ2v) is 7.36. The van der Waals surface area contributed by atoms with Crippen LogP contribution in [0.3, 0.4) is 0 Å². The largest absolute Gasteiger partial charge is 0.439 e. The van der Waals surface area contributed by atoms with E-state index in [1.165, 1.54) is 16.9 Å². The van der Waals surface area contributed by atoms with Crippen molar-refractivity contribution in [3.63, 3.8) is 0 Å². The zero-order chi connectivity index (χ0) is 23.0. The summed E-state index contributed by atoms with van der Waals surface area (Å²) in [5, 5.41) is 13.8. The number of rotatable bonds is 5. The maximum Gasteiger partial charge on any atom is 0.417 e. The molecule has 3 aromatic heterocycles. The SMILES string of the molecule is CC(C)c1c(C(=O)C(C#N)c2nc3ccccc3o2)cnn1-c1ccc(C(F)(F)F)cn1. The Hall–Kier alpha value is -4.00. The molecule has 0 aliphatic rings. The first-order chi connectivity index (χ1) is 15.2. The number of pyridine rings is 1. The van der Waals surface area contributed by atoms with E-state index >= 15 is 0 Å². The predicted molar refractivity (Wildman–Crippen MR) is 107 cm³/mol. The molecule has 0 aliphatic heterocycles. The second kappa shape index (κ2) is 7.92. The number of benzene rings is 1. The van der Waals surface area contributed by atoms with E-state index in [-0.39, 0.29) is 23.2 Å². The van der Waals surface area contributed by atoms with Crippen molar-refractivity contribution in [1.29, 1.82) is 5.26 Å². The molecule has 10 heteroatoms. The highest BCUT2D eigenvalue weighted by Crippen LogP contribution is 2.31. The van der Waals surface area contributed by atoms with Crippen molar-refractivity contribution >= 4 is 16.9 Å². The quantitative estimate of drug-likeness (QED) is 0.404. The lowest BCUT2D eigenvalue weighted by Crippen LogP contribution is -2.15. The van der Waals surface area contributed by atoms with Crippen molar-refractivity contribution in [2.24, 2.45) is 0 Å². The summed E-state index contributed by atoms with van der Waals surface area (Å²) in [5.41, 5.74) is 0.638. The minimum Gasteiger partial charge on any atom is -0.439 e. The van der Waals surface area contributed by atoms with Crippen LogP contribution in [0.5, 0.6) is 0 Å². The third kappa shape index (κ3) is 3.73. The molecule has 1 aromatic carbocycles. The van der Waals surface area contributed by atoms with Crippen LogP contribution in [0.25, 0.3) is 16.9 Å². The van der Waals surface area contributed by atoms with Gasteiger partial charge in [0.25, 0.3) is 0 Å². The van der Waals surface area contributed by atoms with Crippen molar-refractivity contribution in [2.45, 2.75) is 31.9 Å². The topological polar surface area (TPSA) is 97.6 Å². The Morgan fingerprint density at radius 1 is 1.16 bits per heavy atom. The lowest BCUT2D eigenvalue weighted by Gasteiger charge is -2.13. The van der Waals surface area contributed by atoms with Gasteiger partial charge in [-0.2, -0.15) is 23.5 Å². The molecule has 7 nitrogen and oxygen atoms in total. The third-order valence-electron chi connectivity index (χ3n) is 4.86. The molecule has 32 heavy (non-hydrogen) atoms. The number of hydrogen-bond donors (Lipinski definition) is 0. The molecule has 0 saturated heterocycles. The molecule has 4 rings (SSSR count). The molecule has 0 spiro atoms. The number of fused-ring (bicyclic) bond motifs is 1. The highest BCUT2D eigenvalue weighted by molar-refractivity contribution is 6.03. The molecule has 1 unspecified atom stereocenters.